The van der Waals surface area contributed by atoms with E-state index in [-0.39, 0.29) is 18.0 Å². The average Bonchev–Trinajstić information content (AvgIpc) is 3.70. The maximum atomic E-state index is 13.3. The summed E-state index contributed by atoms with van der Waals surface area (Å²) in [5.74, 6) is 0.876. The standard InChI is InChI=1S/C31H44N4O3S/c1-5-38-26-8-6-22(7-9-26)27-10-11-28(39-27)29(36)33(4)25-15-19-35(21-25)30(37)34-18-14-24(20-34)32-23-12-16-31(2,3)17-13-23/h6-11,23-25,32H,5,12-21H2,1-4H3/t24-,25+/m1/s1. The zero-order valence-electron chi connectivity index (χ0n) is 23.9. The number of likely N-dealkylation sites (tertiary alicyclic amines) is 2. The molecule has 3 amide bonds. The van der Waals surface area contributed by atoms with E-state index in [9.17, 15) is 9.59 Å². The van der Waals surface area contributed by atoms with E-state index in [0.717, 1.165) is 47.0 Å². The Kier molecular flexibility index (Phi) is 8.52. The number of likely N-dealkylation sites (N-methyl/N-ethyl adjacent to an activating group) is 1. The quantitative estimate of drug-likeness (QED) is 0.478. The Morgan fingerprint density at radius 3 is 2.38 bits per heavy atom. The average molecular weight is 553 g/mol. The lowest BCUT2D eigenvalue weighted by Gasteiger charge is -2.36. The van der Waals surface area contributed by atoms with Gasteiger partial charge in [0.05, 0.1) is 17.5 Å². The summed E-state index contributed by atoms with van der Waals surface area (Å²) in [6.07, 6.45) is 6.86. The van der Waals surface area contributed by atoms with Crippen molar-refractivity contribution >= 4 is 23.3 Å². The van der Waals surface area contributed by atoms with Gasteiger partial charge >= 0.3 is 6.03 Å². The van der Waals surface area contributed by atoms with Gasteiger partial charge in [-0.15, -0.1) is 11.3 Å². The Morgan fingerprint density at radius 2 is 1.67 bits per heavy atom. The van der Waals surface area contributed by atoms with Crippen LogP contribution in [0.5, 0.6) is 5.75 Å². The molecule has 0 spiro atoms. The van der Waals surface area contributed by atoms with Crippen LogP contribution in [0.4, 0.5) is 4.79 Å². The normalized spacial score (nSPS) is 23.3. The number of ether oxygens (including phenoxy) is 1. The third-order valence-electron chi connectivity index (χ3n) is 8.84. The molecular formula is C31H44N4O3S. The summed E-state index contributed by atoms with van der Waals surface area (Å²) in [6, 6.07) is 13.1. The molecule has 1 aromatic carbocycles. The first-order valence-electron chi connectivity index (χ1n) is 14.6. The molecule has 5 rings (SSSR count). The van der Waals surface area contributed by atoms with E-state index in [4.69, 9.17) is 4.74 Å². The first-order valence-corrected chi connectivity index (χ1v) is 15.4. The maximum Gasteiger partial charge on any atom is 0.320 e. The van der Waals surface area contributed by atoms with Crippen LogP contribution in [-0.2, 0) is 0 Å². The van der Waals surface area contributed by atoms with Crippen LogP contribution in [0.15, 0.2) is 36.4 Å². The van der Waals surface area contributed by atoms with Crippen molar-refractivity contribution in [3.05, 3.63) is 41.3 Å². The summed E-state index contributed by atoms with van der Waals surface area (Å²) in [4.78, 5) is 34.2. The fourth-order valence-electron chi connectivity index (χ4n) is 6.23. The second-order valence-corrected chi connectivity index (χ2v) is 13.3. The number of urea groups is 1. The van der Waals surface area contributed by atoms with Gasteiger partial charge in [-0.25, -0.2) is 4.79 Å². The topological polar surface area (TPSA) is 65.1 Å². The second kappa shape index (κ2) is 11.9. The monoisotopic (exact) mass is 552 g/mol. The van der Waals surface area contributed by atoms with E-state index < -0.39 is 0 Å². The fourth-order valence-corrected chi connectivity index (χ4v) is 7.23. The highest BCUT2D eigenvalue weighted by molar-refractivity contribution is 7.17. The first-order chi connectivity index (χ1) is 18.7. The molecule has 3 fully saturated rings. The minimum absolute atomic E-state index is 0.0255. The molecule has 2 aliphatic heterocycles. The van der Waals surface area contributed by atoms with Crippen LogP contribution in [0.3, 0.4) is 0 Å². The Labute approximate surface area is 237 Å². The zero-order valence-corrected chi connectivity index (χ0v) is 24.8. The van der Waals surface area contributed by atoms with Gasteiger partial charge in [-0.3, -0.25) is 4.79 Å². The third kappa shape index (κ3) is 6.60. The Balaban J connectivity index is 1.11. The van der Waals surface area contributed by atoms with Gasteiger partial charge < -0.3 is 24.8 Å². The Bertz CT molecular complexity index is 1140. The summed E-state index contributed by atoms with van der Waals surface area (Å²) >= 11 is 1.51. The molecule has 8 heteroatoms. The number of amides is 3. The molecule has 3 aliphatic rings. The molecule has 3 heterocycles. The molecule has 1 saturated carbocycles. The van der Waals surface area contributed by atoms with Crippen LogP contribution >= 0.6 is 11.3 Å². The molecule has 7 nitrogen and oxygen atoms in total. The molecule has 0 bridgehead atoms. The van der Waals surface area contributed by atoms with Crippen LogP contribution < -0.4 is 10.1 Å². The number of nitrogens with one attached hydrogen (secondary N) is 1. The number of hydrogen-bond donors (Lipinski definition) is 1. The van der Waals surface area contributed by atoms with Crippen molar-refractivity contribution in [1.29, 1.82) is 0 Å². The predicted molar refractivity (Wildman–Crippen MR) is 158 cm³/mol. The van der Waals surface area contributed by atoms with Crippen molar-refractivity contribution in [3.8, 4) is 16.2 Å². The lowest BCUT2D eigenvalue weighted by atomic mass is 9.75. The van der Waals surface area contributed by atoms with Gasteiger partial charge in [0.25, 0.3) is 5.91 Å². The van der Waals surface area contributed by atoms with E-state index in [2.05, 4.69) is 19.2 Å². The van der Waals surface area contributed by atoms with Crippen molar-refractivity contribution < 1.29 is 14.3 Å². The van der Waals surface area contributed by atoms with Crippen LogP contribution in [0, 0.1) is 5.41 Å². The van der Waals surface area contributed by atoms with Gasteiger partial charge in [-0.05, 0) is 92.8 Å². The molecule has 212 valence electrons. The largest absolute Gasteiger partial charge is 0.494 e. The number of carbonyl (C=O) groups is 2. The van der Waals surface area contributed by atoms with Crippen molar-refractivity contribution in [1.82, 2.24) is 20.0 Å². The van der Waals surface area contributed by atoms with Gasteiger partial charge in [-0.2, -0.15) is 0 Å². The number of carbonyl (C=O) groups excluding carboxylic acids is 2. The van der Waals surface area contributed by atoms with Crippen LogP contribution in [-0.4, -0.2) is 84.6 Å². The molecule has 2 atom stereocenters. The van der Waals surface area contributed by atoms with Gasteiger partial charge in [0, 0.05) is 50.2 Å². The van der Waals surface area contributed by atoms with Gasteiger partial charge in [0.15, 0.2) is 0 Å². The molecular weight excluding hydrogens is 508 g/mol. The molecule has 1 N–H and O–H groups in total. The summed E-state index contributed by atoms with van der Waals surface area (Å²) in [5, 5.41) is 3.84. The molecule has 0 radical (unpaired) electrons. The first kappa shape index (κ1) is 28.0. The van der Waals surface area contributed by atoms with E-state index in [1.165, 1.54) is 37.0 Å². The van der Waals surface area contributed by atoms with Gasteiger partial charge in [0.2, 0.25) is 0 Å². The highest BCUT2D eigenvalue weighted by Gasteiger charge is 2.37. The van der Waals surface area contributed by atoms with Gasteiger partial charge in [0.1, 0.15) is 5.75 Å². The minimum atomic E-state index is 0.0255. The highest BCUT2D eigenvalue weighted by Crippen LogP contribution is 2.35. The van der Waals surface area contributed by atoms with E-state index in [0.29, 0.717) is 37.2 Å². The second-order valence-electron chi connectivity index (χ2n) is 12.2. The van der Waals surface area contributed by atoms with E-state index in [1.54, 1.807) is 0 Å². The molecule has 2 aromatic rings. The van der Waals surface area contributed by atoms with Crippen LogP contribution in [0.1, 0.15) is 69.0 Å². The molecule has 1 aliphatic carbocycles. The summed E-state index contributed by atoms with van der Waals surface area (Å²) < 4.78 is 5.54. The SMILES string of the molecule is CCOc1ccc(-c2ccc(C(=O)N(C)[C@H]3CCN(C(=O)N4CC[C@@H](NC5CCC(C)(C)CC5)C4)C3)s2)cc1. The lowest BCUT2D eigenvalue weighted by Crippen LogP contribution is -2.46. The smallest absolute Gasteiger partial charge is 0.320 e. The number of hydrogen-bond acceptors (Lipinski definition) is 5. The third-order valence-corrected chi connectivity index (χ3v) is 9.96. The summed E-state index contributed by atoms with van der Waals surface area (Å²) in [5.41, 5.74) is 1.55. The predicted octanol–water partition coefficient (Wildman–Crippen LogP) is 5.71. The number of thiophene rings is 1. The Hall–Kier alpha value is -2.58. The molecule has 39 heavy (non-hydrogen) atoms. The fraction of sp³-hybridized carbons (Fsp3) is 0.613. The van der Waals surface area contributed by atoms with Crippen molar-refractivity contribution in [2.24, 2.45) is 5.41 Å². The van der Waals surface area contributed by atoms with Crippen LogP contribution in [0.25, 0.3) is 10.4 Å². The molecule has 0 unspecified atom stereocenters. The maximum absolute atomic E-state index is 13.3. The van der Waals surface area contributed by atoms with Crippen molar-refractivity contribution in [2.45, 2.75) is 77.4 Å². The number of rotatable bonds is 7. The Morgan fingerprint density at radius 1 is 0.974 bits per heavy atom. The van der Waals surface area contributed by atoms with E-state index in [1.807, 2.05) is 65.1 Å². The summed E-state index contributed by atoms with van der Waals surface area (Å²) in [6.45, 7) is 10.3. The molecule has 1 aromatic heterocycles. The van der Waals surface area contributed by atoms with Crippen LogP contribution in [0.2, 0.25) is 0 Å². The van der Waals surface area contributed by atoms with Crippen molar-refractivity contribution in [3.63, 3.8) is 0 Å². The summed E-state index contributed by atoms with van der Waals surface area (Å²) in [7, 11) is 1.87. The number of benzene rings is 1. The lowest BCUT2D eigenvalue weighted by molar-refractivity contribution is 0.0740. The highest BCUT2D eigenvalue weighted by atomic mass is 32.1. The number of nitrogens with zero attached hydrogens (tertiary/aromatic N) is 3. The molecule has 2 saturated heterocycles. The van der Waals surface area contributed by atoms with Crippen molar-refractivity contribution in [2.75, 3.05) is 39.8 Å². The minimum Gasteiger partial charge on any atom is -0.494 e. The van der Waals surface area contributed by atoms with Gasteiger partial charge in [-0.1, -0.05) is 13.8 Å². The van der Waals surface area contributed by atoms with E-state index >= 15 is 0 Å². The zero-order chi connectivity index (χ0) is 27.6.